The van der Waals surface area contributed by atoms with Crippen LogP contribution in [0.25, 0.3) is 10.9 Å². The van der Waals surface area contributed by atoms with Crippen LogP contribution < -0.4 is 5.32 Å². The average Bonchev–Trinajstić information content (AvgIpc) is 3.07. The van der Waals surface area contributed by atoms with Gasteiger partial charge in [-0.3, -0.25) is 4.79 Å². The molecule has 1 amide bonds. The van der Waals surface area contributed by atoms with Crippen molar-refractivity contribution >= 4 is 16.8 Å². The molecule has 0 aliphatic carbocycles. The van der Waals surface area contributed by atoms with Crippen LogP contribution in [0, 0.1) is 20.8 Å². The molecule has 0 saturated heterocycles. The van der Waals surface area contributed by atoms with Gasteiger partial charge in [0.25, 0.3) is 0 Å². The lowest BCUT2D eigenvalue weighted by Crippen LogP contribution is -2.27. The summed E-state index contributed by atoms with van der Waals surface area (Å²) in [6.07, 6.45) is 2.95. The van der Waals surface area contributed by atoms with Crippen molar-refractivity contribution in [2.75, 3.05) is 0 Å². The van der Waals surface area contributed by atoms with Gasteiger partial charge in [-0.25, -0.2) is 9.67 Å². The third kappa shape index (κ3) is 2.72. The minimum Gasteiger partial charge on any atom is -0.358 e. The summed E-state index contributed by atoms with van der Waals surface area (Å²) in [5.74, 6) is -0.0832. The highest BCUT2D eigenvalue weighted by Gasteiger charge is 2.10. The summed E-state index contributed by atoms with van der Waals surface area (Å²) in [5.41, 5.74) is 5.81. The summed E-state index contributed by atoms with van der Waals surface area (Å²) in [7, 11) is 0. The highest BCUT2D eigenvalue weighted by atomic mass is 16.2. The fraction of sp³-hybridized carbons (Fsp3) is 0.312. The molecule has 2 aromatic heterocycles. The molecular formula is C16H19N5O. The van der Waals surface area contributed by atoms with E-state index in [4.69, 9.17) is 0 Å². The Kier molecular flexibility index (Phi) is 3.66. The molecule has 0 bridgehead atoms. The Morgan fingerprint density at radius 2 is 2.14 bits per heavy atom. The van der Waals surface area contributed by atoms with Crippen LogP contribution in [0.15, 0.2) is 24.8 Å². The molecule has 2 heterocycles. The van der Waals surface area contributed by atoms with Gasteiger partial charge in [0, 0.05) is 17.6 Å². The molecule has 0 unspecified atom stereocenters. The topological polar surface area (TPSA) is 75.6 Å². The van der Waals surface area contributed by atoms with Gasteiger partial charge in [-0.2, -0.15) is 5.10 Å². The van der Waals surface area contributed by atoms with E-state index in [1.807, 2.05) is 0 Å². The first-order chi connectivity index (χ1) is 10.5. The molecule has 0 spiro atoms. The molecular weight excluding hydrogens is 278 g/mol. The van der Waals surface area contributed by atoms with E-state index in [0.29, 0.717) is 6.54 Å². The Bertz CT molecular complexity index is 817. The zero-order valence-corrected chi connectivity index (χ0v) is 13.0. The Morgan fingerprint density at radius 3 is 2.86 bits per heavy atom. The van der Waals surface area contributed by atoms with Gasteiger partial charge in [0.2, 0.25) is 5.91 Å². The molecule has 0 radical (unpaired) electrons. The van der Waals surface area contributed by atoms with E-state index in [9.17, 15) is 4.79 Å². The number of hydrogen-bond acceptors (Lipinski definition) is 3. The highest BCUT2D eigenvalue weighted by molar-refractivity contribution is 5.88. The van der Waals surface area contributed by atoms with Crippen LogP contribution in [0.4, 0.5) is 0 Å². The van der Waals surface area contributed by atoms with Gasteiger partial charge in [-0.1, -0.05) is 11.6 Å². The predicted octanol–water partition coefficient (Wildman–Crippen LogP) is 2.00. The number of benzene rings is 1. The number of hydrogen-bond donors (Lipinski definition) is 2. The summed E-state index contributed by atoms with van der Waals surface area (Å²) >= 11 is 0. The minimum absolute atomic E-state index is 0.0832. The van der Waals surface area contributed by atoms with Crippen LogP contribution in [0.5, 0.6) is 0 Å². The Labute approximate surface area is 128 Å². The zero-order chi connectivity index (χ0) is 15.7. The molecule has 114 valence electrons. The summed E-state index contributed by atoms with van der Waals surface area (Å²) < 4.78 is 1.50. The number of nitrogens with zero attached hydrogens (tertiary/aromatic N) is 3. The summed E-state index contributed by atoms with van der Waals surface area (Å²) in [6, 6.07) is 4.28. The SMILES string of the molecule is Cc1cc(CNC(=O)Cn2cncn2)c2[nH]c(C)c(C)c2c1. The molecule has 0 fully saturated rings. The van der Waals surface area contributed by atoms with Crippen molar-refractivity contribution in [3.8, 4) is 0 Å². The Balaban J connectivity index is 1.79. The number of H-pyrrole nitrogens is 1. The monoisotopic (exact) mass is 297 g/mol. The third-order valence-corrected chi connectivity index (χ3v) is 3.89. The molecule has 0 aliphatic heterocycles. The number of rotatable bonds is 4. The van der Waals surface area contributed by atoms with Crippen LogP contribution in [0.1, 0.15) is 22.4 Å². The molecule has 2 N–H and O–H groups in total. The first-order valence-corrected chi connectivity index (χ1v) is 7.22. The van der Waals surface area contributed by atoms with Crippen LogP contribution in [-0.2, 0) is 17.9 Å². The molecule has 3 rings (SSSR count). The zero-order valence-electron chi connectivity index (χ0n) is 13.0. The van der Waals surface area contributed by atoms with Crippen LogP contribution >= 0.6 is 0 Å². The van der Waals surface area contributed by atoms with Crippen molar-refractivity contribution in [2.45, 2.75) is 33.9 Å². The average molecular weight is 297 g/mol. The van der Waals surface area contributed by atoms with Crippen molar-refractivity contribution in [3.05, 3.63) is 47.2 Å². The number of fused-ring (bicyclic) bond motifs is 1. The fourth-order valence-electron chi connectivity index (χ4n) is 2.64. The molecule has 0 atom stereocenters. The summed E-state index contributed by atoms with van der Waals surface area (Å²) in [4.78, 5) is 19.2. The smallest absolute Gasteiger partial charge is 0.242 e. The van der Waals surface area contributed by atoms with Gasteiger partial charge in [-0.05, 0) is 38.0 Å². The first-order valence-electron chi connectivity index (χ1n) is 7.22. The number of carbonyl (C=O) groups excluding carboxylic acids is 1. The molecule has 22 heavy (non-hydrogen) atoms. The number of aromatic nitrogens is 4. The minimum atomic E-state index is -0.0832. The number of amides is 1. The van der Waals surface area contributed by atoms with E-state index in [1.165, 1.54) is 33.8 Å². The lowest BCUT2D eigenvalue weighted by molar-refractivity contribution is -0.122. The van der Waals surface area contributed by atoms with Gasteiger partial charge >= 0.3 is 0 Å². The van der Waals surface area contributed by atoms with E-state index in [2.05, 4.69) is 53.3 Å². The van der Waals surface area contributed by atoms with E-state index in [1.54, 1.807) is 0 Å². The normalized spacial score (nSPS) is 11.0. The van der Waals surface area contributed by atoms with Crippen molar-refractivity contribution in [2.24, 2.45) is 0 Å². The van der Waals surface area contributed by atoms with Crippen molar-refractivity contribution in [3.63, 3.8) is 0 Å². The van der Waals surface area contributed by atoms with Gasteiger partial charge in [0.1, 0.15) is 19.2 Å². The van der Waals surface area contributed by atoms with E-state index < -0.39 is 0 Å². The fourth-order valence-corrected chi connectivity index (χ4v) is 2.64. The van der Waals surface area contributed by atoms with Crippen molar-refractivity contribution < 1.29 is 4.79 Å². The van der Waals surface area contributed by atoms with Crippen LogP contribution in [0.3, 0.4) is 0 Å². The molecule has 0 saturated carbocycles. The van der Waals surface area contributed by atoms with Crippen LogP contribution in [0.2, 0.25) is 0 Å². The Hall–Kier alpha value is -2.63. The van der Waals surface area contributed by atoms with Gasteiger partial charge < -0.3 is 10.3 Å². The number of carbonyl (C=O) groups is 1. The molecule has 1 aromatic carbocycles. The molecule has 6 heteroatoms. The second-order valence-corrected chi connectivity index (χ2v) is 5.59. The van der Waals surface area contributed by atoms with Crippen LogP contribution in [-0.4, -0.2) is 25.7 Å². The molecule has 3 aromatic rings. The largest absolute Gasteiger partial charge is 0.358 e. The first kappa shape index (κ1) is 14.3. The standard InChI is InChI=1S/C16H19N5O/c1-10-4-13(16-14(5-10)11(2)12(3)20-16)6-18-15(22)7-21-9-17-8-19-21/h4-5,8-9,20H,6-7H2,1-3H3,(H,18,22). The highest BCUT2D eigenvalue weighted by Crippen LogP contribution is 2.25. The lowest BCUT2D eigenvalue weighted by atomic mass is 10.0. The van der Waals surface area contributed by atoms with Gasteiger partial charge in [0.15, 0.2) is 0 Å². The van der Waals surface area contributed by atoms with Crippen molar-refractivity contribution in [1.82, 2.24) is 25.1 Å². The molecule has 0 aliphatic rings. The molecule has 6 nitrogen and oxygen atoms in total. The Morgan fingerprint density at radius 1 is 1.32 bits per heavy atom. The van der Waals surface area contributed by atoms with E-state index in [-0.39, 0.29) is 12.5 Å². The van der Waals surface area contributed by atoms with E-state index in [0.717, 1.165) is 16.8 Å². The number of aromatic amines is 1. The lowest BCUT2D eigenvalue weighted by Gasteiger charge is -2.08. The maximum atomic E-state index is 12.0. The summed E-state index contributed by atoms with van der Waals surface area (Å²) in [5, 5.41) is 8.09. The second-order valence-electron chi connectivity index (χ2n) is 5.59. The third-order valence-electron chi connectivity index (χ3n) is 3.89. The second kappa shape index (κ2) is 5.63. The van der Waals surface area contributed by atoms with E-state index >= 15 is 0 Å². The van der Waals surface area contributed by atoms with Gasteiger partial charge in [-0.15, -0.1) is 0 Å². The predicted molar refractivity (Wildman–Crippen MR) is 84.4 cm³/mol. The van der Waals surface area contributed by atoms with Gasteiger partial charge in [0.05, 0.1) is 5.52 Å². The quantitative estimate of drug-likeness (QED) is 0.773. The summed E-state index contributed by atoms with van der Waals surface area (Å²) in [6.45, 7) is 6.92. The number of nitrogens with one attached hydrogen (secondary N) is 2. The van der Waals surface area contributed by atoms with Crippen molar-refractivity contribution in [1.29, 1.82) is 0 Å². The maximum Gasteiger partial charge on any atom is 0.242 e. The number of aryl methyl sites for hydroxylation is 3. The maximum absolute atomic E-state index is 12.0.